The number of nitrogens with one attached hydrogen (secondary N) is 1. The van der Waals surface area contributed by atoms with Gasteiger partial charge < -0.3 is 10.2 Å². The van der Waals surface area contributed by atoms with Gasteiger partial charge in [-0.3, -0.25) is 13.9 Å². The summed E-state index contributed by atoms with van der Waals surface area (Å²) in [4.78, 5) is 27.5. The third-order valence-corrected chi connectivity index (χ3v) is 6.76. The van der Waals surface area contributed by atoms with Crippen LogP contribution in [0.1, 0.15) is 39.2 Å². The zero-order chi connectivity index (χ0) is 25.3. The summed E-state index contributed by atoms with van der Waals surface area (Å²) in [6.45, 7) is 6.69. The van der Waals surface area contributed by atoms with Crippen molar-refractivity contribution in [3.05, 3.63) is 65.2 Å². The van der Waals surface area contributed by atoms with Gasteiger partial charge in [0.2, 0.25) is 21.8 Å². The predicted octanol–water partition coefficient (Wildman–Crippen LogP) is 4.08. The zero-order valence-corrected chi connectivity index (χ0v) is 21.8. The number of rotatable bonds is 12. The average Bonchev–Trinajstić information content (AvgIpc) is 2.78. The first-order chi connectivity index (χ1) is 16.0. The Kier molecular flexibility index (Phi) is 10.4. The lowest BCUT2D eigenvalue weighted by Gasteiger charge is -2.29. The van der Waals surface area contributed by atoms with E-state index in [-0.39, 0.29) is 24.8 Å². The quantitative estimate of drug-likeness (QED) is 0.469. The van der Waals surface area contributed by atoms with Crippen molar-refractivity contribution in [1.29, 1.82) is 0 Å². The van der Waals surface area contributed by atoms with Crippen LogP contribution in [0.2, 0.25) is 5.02 Å². The molecule has 0 aromatic heterocycles. The molecule has 0 unspecified atom stereocenters. The van der Waals surface area contributed by atoms with Gasteiger partial charge in [-0.15, -0.1) is 0 Å². The summed E-state index contributed by atoms with van der Waals surface area (Å²) in [6.07, 6.45) is 1.54. The first-order valence-corrected chi connectivity index (χ1v) is 13.6. The normalized spacial score (nSPS) is 12.3. The van der Waals surface area contributed by atoms with Gasteiger partial charge in [0.1, 0.15) is 6.04 Å². The Bertz CT molecular complexity index is 1040. The maximum atomic E-state index is 13.2. The van der Waals surface area contributed by atoms with E-state index in [1.807, 2.05) is 44.2 Å². The largest absolute Gasteiger partial charge is 0.354 e. The van der Waals surface area contributed by atoms with E-state index in [0.29, 0.717) is 36.1 Å². The Hall–Kier alpha value is -2.58. The van der Waals surface area contributed by atoms with Gasteiger partial charge in [-0.25, -0.2) is 8.42 Å². The van der Waals surface area contributed by atoms with Crippen LogP contribution in [-0.4, -0.2) is 50.5 Å². The predicted molar refractivity (Wildman–Crippen MR) is 137 cm³/mol. The molecular formula is C25H34ClN3O4S. The third kappa shape index (κ3) is 8.65. The van der Waals surface area contributed by atoms with Crippen molar-refractivity contribution in [2.45, 2.75) is 46.2 Å². The topological polar surface area (TPSA) is 86.8 Å². The first kappa shape index (κ1) is 27.7. The number of carbonyl (C=O) groups excluding carboxylic acids is 2. The van der Waals surface area contributed by atoms with Crippen LogP contribution in [-0.2, 0) is 26.2 Å². The highest BCUT2D eigenvalue weighted by molar-refractivity contribution is 7.92. The average molecular weight is 508 g/mol. The van der Waals surface area contributed by atoms with Gasteiger partial charge in [-0.05, 0) is 49.1 Å². The first-order valence-electron chi connectivity index (χ1n) is 11.3. The number of hydrogen-bond acceptors (Lipinski definition) is 4. The monoisotopic (exact) mass is 507 g/mol. The van der Waals surface area contributed by atoms with Crippen LogP contribution >= 0.6 is 11.6 Å². The minimum atomic E-state index is -3.54. The highest BCUT2D eigenvalue weighted by Gasteiger charge is 2.26. The highest BCUT2D eigenvalue weighted by Crippen LogP contribution is 2.21. The molecule has 1 atom stereocenters. The molecule has 0 aliphatic rings. The smallest absolute Gasteiger partial charge is 0.242 e. The van der Waals surface area contributed by atoms with E-state index in [1.165, 1.54) is 4.31 Å². The Morgan fingerprint density at radius 1 is 1.00 bits per heavy atom. The maximum Gasteiger partial charge on any atom is 0.242 e. The molecule has 0 saturated carbocycles. The molecule has 0 spiro atoms. The van der Waals surface area contributed by atoms with Gasteiger partial charge in [0.05, 0.1) is 11.9 Å². The fourth-order valence-electron chi connectivity index (χ4n) is 3.43. The van der Waals surface area contributed by atoms with E-state index >= 15 is 0 Å². The van der Waals surface area contributed by atoms with Crippen molar-refractivity contribution in [3.63, 3.8) is 0 Å². The Morgan fingerprint density at radius 2 is 1.62 bits per heavy atom. The van der Waals surface area contributed by atoms with E-state index in [2.05, 4.69) is 5.32 Å². The molecule has 1 N–H and O–H groups in total. The summed E-state index contributed by atoms with van der Waals surface area (Å²) in [5, 5.41) is 3.40. The zero-order valence-electron chi connectivity index (χ0n) is 20.2. The van der Waals surface area contributed by atoms with Crippen molar-refractivity contribution in [2.75, 3.05) is 23.7 Å². The van der Waals surface area contributed by atoms with Crippen molar-refractivity contribution < 1.29 is 18.0 Å². The Morgan fingerprint density at radius 3 is 2.18 bits per heavy atom. The van der Waals surface area contributed by atoms with E-state index in [0.717, 1.165) is 11.8 Å². The second kappa shape index (κ2) is 12.8. The number of nitrogens with zero attached hydrogens (tertiary/aromatic N) is 2. The van der Waals surface area contributed by atoms with E-state index in [4.69, 9.17) is 11.6 Å². The molecule has 2 rings (SSSR count). The molecule has 0 saturated heterocycles. The lowest BCUT2D eigenvalue weighted by Crippen LogP contribution is -2.48. The van der Waals surface area contributed by atoms with Crippen LogP contribution < -0.4 is 9.62 Å². The van der Waals surface area contributed by atoms with Gasteiger partial charge >= 0.3 is 0 Å². The molecule has 2 aromatic rings. The van der Waals surface area contributed by atoms with Gasteiger partial charge in [0, 0.05) is 31.1 Å². The number of halogens is 1. The Labute approximate surface area is 208 Å². The van der Waals surface area contributed by atoms with Crippen LogP contribution in [0.3, 0.4) is 0 Å². The minimum Gasteiger partial charge on any atom is -0.354 e. The van der Waals surface area contributed by atoms with E-state index in [1.54, 1.807) is 36.1 Å². The molecule has 7 nitrogen and oxygen atoms in total. The summed E-state index contributed by atoms with van der Waals surface area (Å²) in [6, 6.07) is 15.3. The number of sulfonamides is 1. The van der Waals surface area contributed by atoms with Gasteiger partial charge in [-0.2, -0.15) is 0 Å². The third-order valence-electron chi connectivity index (χ3n) is 5.31. The van der Waals surface area contributed by atoms with Crippen molar-refractivity contribution in [1.82, 2.24) is 10.2 Å². The van der Waals surface area contributed by atoms with Crippen molar-refractivity contribution in [3.8, 4) is 0 Å². The molecule has 186 valence electrons. The maximum absolute atomic E-state index is 13.2. The van der Waals surface area contributed by atoms with Gasteiger partial charge in [0.15, 0.2) is 0 Å². The molecule has 34 heavy (non-hydrogen) atoms. The van der Waals surface area contributed by atoms with E-state index in [9.17, 15) is 18.0 Å². The van der Waals surface area contributed by atoms with Crippen LogP contribution in [0.25, 0.3) is 0 Å². The van der Waals surface area contributed by atoms with Crippen LogP contribution in [0.4, 0.5) is 5.69 Å². The van der Waals surface area contributed by atoms with Crippen molar-refractivity contribution in [2.24, 2.45) is 5.92 Å². The molecule has 9 heteroatoms. The van der Waals surface area contributed by atoms with Gasteiger partial charge in [-0.1, -0.05) is 55.8 Å². The second-order valence-corrected chi connectivity index (χ2v) is 11.1. The molecule has 2 amide bonds. The van der Waals surface area contributed by atoms with Gasteiger partial charge in [0.25, 0.3) is 0 Å². The molecule has 0 bridgehead atoms. The van der Waals surface area contributed by atoms with E-state index < -0.39 is 16.1 Å². The lowest BCUT2D eigenvalue weighted by atomic mass is 10.1. The summed E-state index contributed by atoms with van der Waals surface area (Å²) in [5.41, 5.74) is 1.40. The number of carbonyl (C=O) groups is 2. The summed E-state index contributed by atoms with van der Waals surface area (Å²) >= 11 is 5.92. The lowest BCUT2D eigenvalue weighted by molar-refractivity contribution is -0.140. The SMILES string of the molecule is CC(C)CNC(=O)[C@@H](C)N(Cc1ccccc1)C(=O)CCCN(c1ccc(Cl)cc1)S(C)(=O)=O. The number of amides is 2. The summed E-state index contributed by atoms with van der Waals surface area (Å²) in [7, 11) is -3.54. The van der Waals surface area contributed by atoms with Crippen molar-refractivity contribution >= 4 is 39.1 Å². The summed E-state index contributed by atoms with van der Waals surface area (Å²) in [5.74, 6) is -0.123. The minimum absolute atomic E-state index is 0.105. The van der Waals surface area contributed by atoms with Crippen LogP contribution in [0, 0.1) is 5.92 Å². The molecule has 0 aliphatic heterocycles. The van der Waals surface area contributed by atoms with Crippen LogP contribution in [0.5, 0.6) is 0 Å². The standard InChI is InChI=1S/C25H34ClN3O4S/c1-19(2)17-27-25(31)20(3)28(18-21-9-6-5-7-10-21)24(30)11-8-16-29(34(4,32)33)23-14-12-22(26)13-15-23/h5-7,9-10,12-15,19-20H,8,11,16-18H2,1-4H3,(H,27,31)/t20-/m1/s1. The molecule has 2 aromatic carbocycles. The fraction of sp³-hybridized carbons (Fsp3) is 0.440. The second-order valence-electron chi connectivity index (χ2n) is 8.74. The Balaban J connectivity index is 2.12. The van der Waals surface area contributed by atoms with Crippen LogP contribution in [0.15, 0.2) is 54.6 Å². The number of anilines is 1. The molecule has 0 aliphatic carbocycles. The molecular weight excluding hydrogens is 474 g/mol. The summed E-state index contributed by atoms with van der Waals surface area (Å²) < 4.78 is 25.9. The number of hydrogen-bond donors (Lipinski definition) is 1. The molecule has 0 radical (unpaired) electrons. The number of benzene rings is 2. The highest BCUT2D eigenvalue weighted by atomic mass is 35.5. The fourth-order valence-corrected chi connectivity index (χ4v) is 4.52. The molecule has 0 heterocycles. The molecule has 0 fully saturated rings.